The van der Waals surface area contributed by atoms with Crippen molar-refractivity contribution in [2.24, 2.45) is 5.73 Å². The highest BCUT2D eigenvalue weighted by Crippen LogP contribution is 2.27. The lowest BCUT2D eigenvalue weighted by Gasteiger charge is -2.29. The van der Waals surface area contributed by atoms with E-state index in [1.165, 1.54) is 5.56 Å². The quantitative estimate of drug-likeness (QED) is 0.226. The van der Waals surface area contributed by atoms with E-state index in [1.807, 2.05) is 54.0 Å². The van der Waals surface area contributed by atoms with Crippen LogP contribution in [0.3, 0.4) is 0 Å². The predicted molar refractivity (Wildman–Crippen MR) is 175 cm³/mol. The lowest BCUT2D eigenvalue weighted by molar-refractivity contribution is -0.149. The van der Waals surface area contributed by atoms with Crippen LogP contribution in [0.15, 0.2) is 79.0 Å². The first-order chi connectivity index (χ1) is 22.8. The van der Waals surface area contributed by atoms with Crippen molar-refractivity contribution < 1.29 is 19.4 Å². The van der Waals surface area contributed by atoms with E-state index >= 15 is 0 Å². The van der Waals surface area contributed by atoms with Crippen LogP contribution >= 0.6 is 0 Å². The number of ether oxygens (including phenoxy) is 2. The standard InChI is InChI=1S/C34H35N9O4/c1-22-4-3-5-25(16-22)28-10-11-41(37-28)31-20-33(40-12-14-46-15-13-40)43-32(36-31)19-30(39-43)29-17-23(2)42(38-29)21-47-34(45)27(35)18-24-6-8-26(44)9-7-24/h3-11,16-17,19-20,27,44H,12-15,18,21,35H2,1-2H3/t27-/m0/s1. The Hall–Kier alpha value is -5.53. The number of aryl methyl sites for hydroxylation is 2. The van der Waals surface area contributed by atoms with Crippen LogP contribution in [0.5, 0.6) is 5.75 Å². The van der Waals surface area contributed by atoms with E-state index in [2.05, 4.69) is 29.1 Å². The van der Waals surface area contributed by atoms with Gasteiger partial charge in [-0.2, -0.15) is 19.8 Å². The zero-order valence-corrected chi connectivity index (χ0v) is 26.2. The van der Waals surface area contributed by atoms with Gasteiger partial charge in [0, 0.05) is 42.7 Å². The summed E-state index contributed by atoms with van der Waals surface area (Å²) < 4.78 is 16.3. The minimum absolute atomic E-state index is 0.0920. The van der Waals surface area contributed by atoms with Gasteiger partial charge in [0.1, 0.15) is 29.0 Å². The van der Waals surface area contributed by atoms with Crippen LogP contribution in [-0.4, -0.2) is 77.6 Å². The maximum atomic E-state index is 12.6. The van der Waals surface area contributed by atoms with Gasteiger partial charge in [-0.25, -0.2) is 14.3 Å². The van der Waals surface area contributed by atoms with Crippen LogP contribution in [0.1, 0.15) is 16.8 Å². The topological polar surface area (TPSA) is 151 Å². The molecule has 7 rings (SSSR count). The van der Waals surface area contributed by atoms with Crippen LogP contribution in [-0.2, 0) is 27.4 Å². The molecule has 47 heavy (non-hydrogen) atoms. The molecule has 1 aliphatic rings. The summed E-state index contributed by atoms with van der Waals surface area (Å²) in [5.74, 6) is 1.15. The first-order valence-corrected chi connectivity index (χ1v) is 15.4. The first kappa shape index (κ1) is 30.1. The van der Waals surface area contributed by atoms with E-state index in [-0.39, 0.29) is 18.9 Å². The second-order valence-electron chi connectivity index (χ2n) is 11.6. The van der Waals surface area contributed by atoms with Crippen molar-refractivity contribution >= 4 is 17.4 Å². The molecule has 5 heterocycles. The summed E-state index contributed by atoms with van der Waals surface area (Å²) >= 11 is 0. The van der Waals surface area contributed by atoms with Crippen LogP contribution < -0.4 is 10.6 Å². The fraction of sp³-hybridized carbons (Fsp3) is 0.265. The van der Waals surface area contributed by atoms with Crippen LogP contribution in [0.25, 0.3) is 34.1 Å². The maximum absolute atomic E-state index is 12.6. The molecule has 0 radical (unpaired) electrons. The molecular weight excluding hydrogens is 598 g/mol. The molecule has 0 unspecified atom stereocenters. The molecule has 1 saturated heterocycles. The van der Waals surface area contributed by atoms with Gasteiger partial charge in [0.05, 0.1) is 18.9 Å². The van der Waals surface area contributed by atoms with Gasteiger partial charge in [-0.05, 0) is 56.2 Å². The molecule has 0 amide bonds. The minimum atomic E-state index is -0.852. The number of rotatable bonds is 9. The Bertz CT molecular complexity index is 2040. The molecule has 1 fully saturated rings. The number of nitrogens with zero attached hydrogens (tertiary/aromatic N) is 8. The van der Waals surface area contributed by atoms with Crippen LogP contribution in [0, 0.1) is 13.8 Å². The van der Waals surface area contributed by atoms with Gasteiger partial charge >= 0.3 is 5.97 Å². The van der Waals surface area contributed by atoms with Crippen LogP contribution in [0.4, 0.5) is 5.82 Å². The van der Waals surface area contributed by atoms with Crippen LogP contribution in [0.2, 0.25) is 0 Å². The van der Waals surface area contributed by atoms with Gasteiger partial charge in [-0.1, -0.05) is 35.9 Å². The number of esters is 1. The zero-order valence-electron chi connectivity index (χ0n) is 26.2. The van der Waals surface area contributed by atoms with Crippen molar-refractivity contribution in [1.29, 1.82) is 0 Å². The molecule has 13 heteroatoms. The Kier molecular flexibility index (Phi) is 8.14. The molecule has 2 aromatic carbocycles. The van der Waals surface area contributed by atoms with E-state index in [9.17, 15) is 9.90 Å². The summed E-state index contributed by atoms with van der Waals surface area (Å²) in [6.07, 6.45) is 2.20. The maximum Gasteiger partial charge on any atom is 0.325 e. The third kappa shape index (κ3) is 6.44. The number of carbonyl (C=O) groups excluding carboxylic acids is 1. The summed E-state index contributed by atoms with van der Waals surface area (Å²) in [5, 5.41) is 23.9. The number of hydrogen-bond donors (Lipinski definition) is 2. The number of benzene rings is 2. The number of nitrogens with two attached hydrogens (primary N) is 1. The van der Waals surface area contributed by atoms with E-state index in [0.29, 0.717) is 36.1 Å². The van der Waals surface area contributed by atoms with Gasteiger partial charge in [-0.3, -0.25) is 4.79 Å². The number of carbonyl (C=O) groups is 1. The van der Waals surface area contributed by atoms with E-state index < -0.39 is 12.0 Å². The molecule has 1 atom stereocenters. The van der Waals surface area contributed by atoms with Crippen molar-refractivity contribution in [3.8, 4) is 34.2 Å². The molecule has 3 N–H and O–H groups in total. The van der Waals surface area contributed by atoms with Crippen molar-refractivity contribution in [3.63, 3.8) is 0 Å². The third-order valence-electron chi connectivity index (χ3n) is 8.14. The minimum Gasteiger partial charge on any atom is -0.508 e. The molecule has 0 saturated carbocycles. The van der Waals surface area contributed by atoms with Gasteiger partial charge in [0.2, 0.25) is 0 Å². The molecule has 13 nitrogen and oxygen atoms in total. The number of phenols is 1. The number of phenolic OH excluding ortho intramolecular Hbond substituents is 1. The molecule has 0 aliphatic carbocycles. The Morgan fingerprint density at radius 1 is 0.957 bits per heavy atom. The Balaban J connectivity index is 1.14. The largest absolute Gasteiger partial charge is 0.508 e. The average molecular weight is 634 g/mol. The number of morpholine rings is 1. The number of aromatic hydroxyl groups is 1. The van der Waals surface area contributed by atoms with Gasteiger partial charge in [-0.15, -0.1) is 0 Å². The SMILES string of the molecule is Cc1cccc(-c2ccn(-c3cc(N4CCOCC4)n4nc(-c5cc(C)n(COC(=O)[C@@H](N)Cc6ccc(O)cc6)n5)cc4n3)n2)c1. The highest BCUT2D eigenvalue weighted by molar-refractivity contribution is 5.75. The van der Waals surface area contributed by atoms with Gasteiger partial charge in [0.25, 0.3) is 0 Å². The van der Waals surface area contributed by atoms with Gasteiger partial charge in [0.15, 0.2) is 18.2 Å². The first-order valence-electron chi connectivity index (χ1n) is 15.4. The summed E-state index contributed by atoms with van der Waals surface area (Å²) in [5.41, 5.74) is 12.7. The Morgan fingerprint density at radius 2 is 1.74 bits per heavy atom. The second-order valence-corrected chi connectivity index (χ2v) is 11.6. The van der Waals surface area contributed by atoms with Crippen molar-refractivity contribution in [2.75, 3.05) is 31.2 Å². The van der Waals surface area contributed by atoms with Crippen molar-refractivity contribution in [3.05, 3.63) is 95.8 Å². The fourth-order valence-electron chi connectivity index (χ4n) is 5.58. The fourth-order valence-corrected chi connectivity index (χ4v) is 5.58. The van der Waals surface area contributed by atoms with E-state index in [4.69, 9.17) is 30.4 Å². The van der Waals surface area contributed by atoms with Crippen molar-refractivity contribution in [1.82, 2.24) is 34.2 Å². The Labute approximate surface area is 270 Å². The molecule has 4 aromatic heterocycles. The highest BCUT2D eigenvalue weighted by Gasteiger charge is 2.21. The average Bonchev–Trinajstić information content (AvgIpc) is 3.83. The molecule has 240 valence electrons. The number of aromatic nitrogens is 7. The van der Waals surface area contributed by atoms with Crippen molar-refractivity contribution in [2.45, 2.75) is 33.0 Å². The lowest BCUT2D eigenvalue weighted by Crippen LogP contribution is -2.37. The van der Waals surface area contributed by atoms with E-state index in [0.717, 1.165) is 41.4 Å². The second kappa shape index (κ2) is 12.7. The predicted octanol–water partition coefficient (Wildman–Crippen LogP) is 3.68. The Morgan fingerprint density at radius 3 is 2.53 bits per heavy atom. The smallest absolute Gasteiger partial charge is 0.325 e. The number of hydrogen-bond acceptors (Lipinski definition) is 10. The lowest BCUT2D eigenvalue weighted by atomic mass is 10.1. The monoisotopic (exact) mass is 633 g/mol. The normalized spacial score (nSPS) is 14.1. The zero-order chi connectivity index (χ0) is 32.5. The molecule has 0 bridgehead atoms. The molecule has 0 spiro atoms. The highest BCUT2D eigenvalue weighted by atomic mass is 16.5. The molecule has 1 aliphatic heterocycles. The van der Waals surface area contributed by atoms with Gasteiger partial charge < -0.3 is 25.2 Å². The number of anilines is 1. The number of fused-ring (bicyclic) bond motifs is 1. The molecular formula is C34H35N9O4. The van der Waals surface area contributed by atoms with E-state index in [1.54, 1.807) is 33.6 Å². The summed E-state index contributed by atoms with van der Waals surface area (Å²) in [7, 11) is 0. The summed E-state index contributed by atoms with van der Waals surface area (Å²) in [4.78, 5) is 19.8. The summed E-state index contributed by atoms with van der Waals surface area (Å²) in [6, 6.07) is 21.7. The summed E-state index contributed by atoms with van der Waals surface area (Å²) in [6.45, 7) is 6.53. The molecule has 6 aromatic rings. The third-order valence-corrected chi connectivity index (χ3v) is 8.14.